The number of hydrogen-bond donors (Lipinski definition) is 1. The van der Waals surface area contributed by atoms with Gasteiger partial charge in [-0.05, 0) is 30.2 Å². The lowest BCUT2D eigenvalue weighted by molar-refractivity contribution is -0.137. The SMILES string of the molecule is CO[C@H](CNC(=O)CCc1ccc(C(F)(F)F)cc1)c1ccccc1Cl. The predicted molar refractivity (Wildman–Crippen MR) is 94.0 cm³/mol. The minimum Gasteiger partial charge on any atom is -0.375 e. The van der Waals surface area contributed by atoms with Crippen LogP contribution in [0.1, 0.15) is 29.2 Å². The van der Waals surface area contributed by atoms with E-state index in [0.29, 0.717) is 17.0 Å². The van der Waals surface area contributed by atoms with E-state index in [1.807, 2.05) is 12.1 Å². The van der Waals surface area contributed by atoms with E-state index in [1.54, 1.807) is 12.1 Å². The molecule has 1 N–H and O–H groups in total. The molecule has 1 atom stereocenters. The Morgan fingerprint density at radius 1 is 1.15 bits per heavy atom. The first-order valence-corrected chi connectivity index (χ1v) is 8.39. The number of hydrogen-bond acceptors (Lipinski definition) is 2. The molecule has 1 amide bonds. The monoisotopic (exact) mass is 385 g/mol. The highest BCUT2D eigenvalue weighted by Gasteiger charge is 2.29. The normalized spacial score (nSPS) is 12.7. The molecule has 2 aromatic carbocycles. The van der Waals surface area contributed by atoms with Crippen molar-refractivity contribution in [2.45, 2.75) is 25.1 Å². The van der Waals surface area contributed by atoms with Gasteiger partial charge in [0.05, 0.1) is 5.56 Å². The maximum absolute atomic E-state index is 12.5. The summed E-state index contributed by atoms with van der Waals surface area (Å²) in [6, 6.07) is 12.0. The lowest BCUT2D eigenvalue weighted by atomic mass is 10.1. The zero-order valence-electron chi connectivity index (χ0n) is 14.1. The fraction of sp³-hybridized carbons (Fsp3) is 0.316. The Kier molecular flexibility index (Phi) is 7.06. The molecule has 2 rings (SSSR count). The molecular formula is C19H19ClF3NO2. The van der Waals surface area contributed by atoms with E-state index in [1.165, 1.54) is 19.2 Å². The van der Waals surface area contributed by atoms with Crippen molar-refractivity contribution in [3.8, 4) is 0 Å². The van der Waals surface area contributed by atoms with E-state index in [4.69, 9.17) is 16.3 Å². The maximum atomic E-state index is 12.5. The van der Waals surface area contributed by atoms with Crippen LogP contribution in [0, 0.1) is 0 Å². The summed E-state index contributed by atoms with van der Waals surface area (Å²) < 4.78 is 42.9. The quantitative estimate of drug-likeness (QED) is 0.743. The van der Waals surface area contributed by atoms with Crippen LogP contribution in [0.4, 0.5) is 13.2 Å². The van der Waals surface area contributed by atoms with Crippen LogP contribution < -0.4 is 5.32 Å². The molecule has 3 nitrogen and oxygen atoms in total. The number of carbonyl (C=O) groups is 1. The summed E-state index contributed by atoms with van der Waals surface area (Å²) in [5, 5.41) is 3.32. The number of methoxy groups -OCH3 is 1. The first-order valence-electron chi connectivity index (χ1n) is 8.01. The molecule has 0 spiro atoms. The van der Waals surface area contributed by atoms with Gasteiger partial charge in [0, 0.05) is 30.7 Å². The van der Waals surface area contributed by atoms with E-state index < -0.39 is 11.7 Å². The van der Waals surface area contributed by atoms with Crippen molar-refractivity contribution in [2.24, 2.45) is 0 Å². The van der Waals surface area contributed by atoms with Crippen LogP contribution in [0.15, 0.2) is 48.5 Å². The minimum atomic E-state index is -4.36. The Balaban J connectivity index is 1.84. The second-order valence-corrected chi connectivity index (χ2v) is 6.15. The highest BCUT2D eigenvalue weighted by Crippen LogP contribution is 2.29. The topological polar surface area (TPSA) is 38.3 Å². The summed E-state index contributed by atoms with van der Waals surface area (Å²) in [5.41, 5.74) is 0.746. The Morgan fingerprint density at radius 2 is 1.81 bits per heavy atom. The second kappa shape index (κ2) is 9.05. The van der Waals surface area contributed by atoms with E-state index in [9.17, 15) is 18.0 Å². The third kappa shape index (κ3) is 5.75. The molecule has 140 valence electrons. The molecule has 0 unspecified atom stereocenters. The molecule has 2 aromatic rings. The molecule has 0 bridgehead atoms. The molecule has 0 saturated carbocycles. The number of halogens is 4. The van der Waals surface area contributed by atoms with Crippen LogP contribution >= 0.6 is 11.6 Å². The molecule has 0 radical (unpaired) electrons. The number of nitrogens with one attached hydrogen (secondary N) is 1. The highest BCUT2D eigenvalue weighted by molar-refractivity contribution is 6.31. The summed E-state index contributed by atoms with van der Waals surface area (Å²) in [5.74, 6) is -0.209. The van der Waals surface area contributed by atoms with Crippen LogP contribution in [0.3, 0.4) is 0 Å². The number of amides is 1. The molecule has 0 aliphatic heterocycles. The molecule has 0 fully saturated rings. The average molecular weight is 386 g/mol. The minimum absolute atomic E-state index is 0.171. The molecule has 0 aromatic heterocycles. The largest absolute Gasteiger partial charge is 0.416 e. The fourth-order valence-electron chi connectivity index (χ4n) is 2.47. The maximum Gasteiger partial charge on any atom is 0.416 e. The van der Waals surface area contributed by atoms with Crippen LogP contribution in [-0.2, 0) is 22.1 Å². The van der Waals surface area contributed by atoms with Crippen molar-refractivity contribution in [3.05, 3.63) is 70.2 Å². The Labute approximate surface area is 155 Å². The van der Waals surface area contributed by atoms with E-state index in [2.05, 4.69) is 5.32 Å². The summed E-state index contributed by atoms with van der Waals surface area (Å²) in [6.07, 6.45) is -4.21. The summed E-state index contributed by atoms with van der Waals surface area (Å²) in [4.78, 5) is 12.0. The zero-order chi connectivity index (χ0) is 19.2. The van der Waals surface area contributed by atoms with Gasteiger partial charge in [0.2, 0.25) is 5.91 Å². The molecule has 0 heterocycles. The van der Waals surface area contributed by atoms with Gasteiger partial charge in [-0.3, -0.25) is 4.79 Å². The molecule has 0 aliphatic rings. The number of benzene rings is 2. The van der Waals surface area contributed by atoms with E-state index >= 15 is 0 Å². The molecular weight excluding hydrogens is 367 g/mol. The van der Waals surface area contributed by atoms with Gasteiger partial charge < -0.3 is 10.1 Å². The van der Waals surface area contributed by atoms with Crippen molar-refractivity contribution in [3.63, 3.8) is 0 Å². The van der Waals surface area contributed by atoms with Gasteiger partial charge in [-0.25, -0.2) is 0 Å². The lowest BCUT2D eigenvalue weighted by Crippen LogP contribution is -2.29. The number of ether oxygens (including phenoxy) is 1. The Bertz CT molecular complexity index is 732. The second-order valence-electron chi connectivity index (χ2n) is 5.74. The predicted octanol–water partition coefficient (Wildman–Crippen LogP) is 4.80. The Morgan fingerprint density at radius 3 is 2.38 bits per heavy atom. The Hall–Kier alpha value is -2.05. The van der Waals surface area contributed by atoms with Gasteiger partial charge in [-0.2, -0.15) is 13.2 Å². The van der Waals surface area contributed by atoms with Crippen LogP contribution in [-0.4, -0.2) is 19.6 Å². The van der Waals surface area contributed by atoms with Gasteiger partial charge in [-0.1, -0.05) is 41.9 Å². The molecule has 0 saturated heterocycles. The van der Waals surface area contributed by atoms with Crippen molar-refractivity contribution >= 4 is 17.5 Å². The van der Waals surface area contributed by atoms with Crippen molar-refractivity contribution in [1.82, 2.24) is 5.32 Å². The van der Waals surface area contributed by atoms with Gasteiger partial charge in [0.1, 0.15) is 6.10 Å². The van der Waals surface area contributed by atoms with Crippen molar-refractivity contribution in [2.75, 3.05) is 13.7 Å². The number of alkyl halides is 3. The third-order valence-corrected chi connectivity index (χ3v) is 4.29. The number of aryl methyl sites for hydroxylation is 1. The first kappa shape index (κ1) is 20.3. The zero-order valence-corrected chi connectivity index (χ0v) is 14.9. The third-order valence-electron chi connectivity index (χ3n) is 3.94. The summed E-state index contributed by atoms with van der Waals surface area (Å²) >= 11 is 6.13. The summed E-state index contributed by atoms with van der Waals surface area (Å²) in [6.45, 7) is 0.256. The van der Waals surface area contributed by atoms with E-state index in [-0.39, 0.29) is 25.0 Å². The number of rotatable bonds is 7. The standard InChI is InChI=1S/C19H19ClF3NO2/c1-26-17(15-4-2-3-5-16(15)20)12-24-18(25)11-8-13-6-9-14(10-7-13)19(21,22)23/h2-7,9-10,17H,8,11-12H2,1H3,(H,24,25)/t17-/m1/s1. The molecule has 7 heteroatoms. The van der Waals surface area contributed by atoms with Crippen LogP contribution in [0.25, 0.3) is 0 Å². The van der Waals surface area contributed by atoms with Gasteiger partial charge in [-0.15, -0.1) is 0 Å². The van der Waals surface area contributed by atoms with Crippen LogP contribution in [0.5, 0.6) is 0 Å². The summed E-state index contributed by atoms with van der Waals surface area (Å²) in [7, 11) is 1.53. The molecule has 0 aliphatic carbocycles. The van der Waals surface area contributed by atoms with Gasteiger partial charge in [0.25, 0.3) is 0 Å². The first-order chi connectivity index (χ1) is 12.3. The van der Waals surface area contributed by atoms with Crippen LogP contribution in [0.2, 0.25) is 5.02 Å². The van der Waals surface area contributed by atoms with Crippen molar-refractivity contribution in [1.29, 1.82) is 0 Å². The highest BCUT2D eigenvalue weighted by atomic mass is 35.5. The smallest absolute Gasteiger partial charge is 0.375 e. The molecule has 26 heavy (non-hydrogen) atoms. The van der Waals surface area contributed by atoms with E-state index in [0.717, 1.165) is 17.7 Å². The lowest BCUT2D eigenvalue weighted by Gasteiger charge is -2.17. The van der Waals surface area contributed by atoms with Gasteiger partial charge >= 0.3 is 6.18 Å². The van der Waals surface area contributed by atoms with Crippen molar-refractivity contribution < 1.29 is 22.7 Å². The average Bonchev–Trinajstić information content (AvgIpc) is 2.61. The van der Waals surface area contributed by atoms with Gasteiger partial charge in [0.15, 0.2) is 0 Å². The fourth-order valence-corrected chi connectivity index (χ4v) is 2.73. The number of carbonyl (C=O) groups excluding carboxylic acids is 1.